The molecule has 3 N–H and O–H groups in total. The van der Waals surface area contributed by atoms with Crippen LogP contribution < -0.4 is 30.3 Å². The van der Waals surface area contributed by atoms with Gasteiger partial charge in [0.1, 0.15) is 40.0 Å². The molecule has 0 bridgehead atoms. The van der Waals surface area contributed by atoms with Crippen LogP contribution in [-0.4, -0.2) is 35.6 Å². The van der Waals surface area contributed by atoms with Crippen molar-refractivity contribution < 1.29 is 28.6 Å². The number of nitriles is 2. The normalized spacial score (nSPS) is 11.2. The first-order valence-electron chi connectivity index (χ1n) is 9.62. The number of benzene rings is 1. The molecule has 0 saturated carbocycles. The quantitative estimate of drug-likeness (QED) is 0.363. The molecule has 3 aromatic rings. The van der Waals surface area contributed by atoms with Crippen molar-refractivity contribution in [1.29, 1.82) is 10.5 Å². The predicted molar refractivity (Wildman–Crippen MR) is 118 cm³/mol. The molecule has 0 aliphatic heterocycles. The van der Waals surface area contributed by atoms with Crippen LogP contribution in [0.15, 0.2) is 27.7 Å². The fraction of sp³-hybridized carbons (Fsp3) is 0.238. The highest BCUT2D eigenvalue weighted by Crippen LogP contribution is 2.38. The lowest BCUT2D eigenvalue weighted by Crippen LogP contribution is -2.32. The molecular weight excluding hydrogens is 462 g/mol. The number of rotatable bonds is 7. The smallest absolute Gasteiger partial charge is 0.266 e. The van der Waals surface area contributed by atoms with E-state index >= 15 is 0 Å². The fourth-order valence-electron chi connectivity index (χ4n) is 3.06. The van der Waals surface area contributed by atoms with Gasteiger partial charge < -0.3 is 30.2 Å². The largest absolute Gasteiger partial charge is 0.539 e. The molecule has 12 nitrogen and oxygen atoms in total. The summed E-state index contributed by atoms with van der Waals surface area (Å²) >= 11 is 0.937. The number of nitrogen functional groups attached to an aromatic ring is 1. The molecule has 0 aliphatic carbocycles. The van der Waals surface area contributed by atoms with E-state index in [1.807, 2.05) is 12.1 Å². The Balaban J connectivity index is 1.98. The summed E-state index contributed by atoms with van der Waals surface area (Å²) < 4.78 is 16.2. The minimum Gasteiger partial charge on any atom is -0.539 e. The van der Waals surface area contributed by atoms with Crippen molar-refractivity contribution in [2.24, 2.45) is 7.05 Å². The van der Waals surface area contributed by atoms with Crippen LogP contribution in [-0.2, 0) is 11.8 Å². The summed E-state index contributed by atoms with van der Waals surface area (Å²) in [5.41, 5.74) is 5.91. The number of aromatic nitrogens is 3. The highest BCUT2D eigenvalue weighted by Gasteiger charge is 2.30. The molecule has 1 amide bonds. The van der Waals surface area contributed by atoms with Crippen molar-refractivity contribution in [2.75, 3.05) is 25.3 Å². The number of ether oxygens (including phenoxy) is 2. The van der Waals surface area contributed by atoms with Gasteiger partial charge in [0.25, 0.3) is 5.69 Å². The molecule has 0 fully saturated rings. The van der Waals surface area contributed by atoms with Gasteiger partial charge in [-0.05, 0) is 19.1 Å². The molecule has 0 spiro atoms. The maximum Gasteiger partial charge on any atom is 0.266 e. The Labute approximate surface area is 198 Å². The zero-order valence-electron chi connectivity index (χ0n) is 18.6. The molecule has 1 atom stereocenters. The molecule has 34 heavy (non-hydrogen) atoms. The van der Waals surface area contributed by atoms with E-state index in [1.165, 1.54) is 21.3 Å². The van der Waals surface area contributed by atoms with Crippen LogP contribution in [0.3, 0.4) is 0 Å². The molecule has 1 unspecified atom stereocenters. The second-order valence-corrected chi connectivity index (χ2v) is 8.13. The monoisotopic (exact) mass is 481 g/mol. The third-order valence-corrected chi connectivity index (χ3v) is 5.83. The standard InChI is InChI=1S/C21H19N7O5S/c1-10(19(29)25-14-6-5-11(31-3)7-15(14)32-4)34-20-13(9-23)16(12(8-22)18(24)26-20)17-21(30)33-27-28(17)2/h5-7,10H,1-4H3,(H3-,24,25,26,27,29,30). The number of nitrogens with zero attached hydrogens (tertiary/aromatic N) is 5. The van der Waals surface area contributed by atoms with Gasteiger partial charge in [0, 0.05) is 6.07 Å². The number of carbonyl (C=O) groups excluding carboxylic acids is 1. The predicted octanol–water partition coefficient (Wildman–Crippen LogP) is 1.10. The second-order valence-electron chi connectivity index (χ2n) is 6.80. The maximum atomic E-state index is 12.9. The van der Waals surface area contributed by atoms with Crippen LogP contribution in [0, 0.1) is 22.7 Å². The van der Waals surface area contributed by atoms with Crippen molar-refractivity contribution in [1.82, 2.24) is 10.3 Å². The molecular formula is C21H19N7O5S. The number of aryl methyl sites for hydroxylation is 1. The molecule has 0 aliphatic rings. The minimum atomic E-state index is -0.852. The van der Waals surface area contributed by atoms with E-state index < -0.39 is 17.1 Å². The van der Waals surface area contributed by atoms with Crippen LogP contribution in [0.1, 0.15) is 18.1 Å². The van der Waals surface area contributed by atoms with Crippen LogP contribution in [0.5, 0.6) is 17.4 Å². The van der Waals surface area contributed by atoms with E-state index in [0.717, 1.165) is 16.4 Å². The first-order chi connectivity index (χ1) is 16.2. The minimum absolute atomic E-state index is 0.0572. The summed E-state index contributed by atoms with van der Waals surface area (Å²) in [6.07, 6.45) is 0. The van der Waals surface area contributed by atoms with Crippen molar-refractivity contribution in [3.8, 4) is 40.8 Å². The zero-order chi connectivity index (χ0) is 25.0. The first kappa shape index (κ1) is 24.2. The molecule has 174 valence electrons. The molecule has 2 heterocycles. The number of anilines is 2. The van der Waals surface area contributed by atoms with Gasteiger partial charge in [-0.25, -0.2) is 4.98 Å². The van der Waals surface area contributed by atoms with E-state index in [0.29, 0.717) is 17.2 Å². The topological polar surface area (TPSA) is 187 Å². The van der Waals surface area contributed by atoms with E-state index in [4.69, 9.17) is 15.2 Å². The third-order valence-electron chi connectivity index (χ3n) is 4.74. The number of hydrogen-bond donors (Lipinski definition) is 2. The number of methoxy groups -OCH3 is 2. The molecule has 2 aromatic heterocycles. The maximum absolute atomic E-state index is 12.9. The first-order valence-corrected chi connectivity index (χ1v) is 10.5. The Kier molecular flexibility index (Phi) is 7.09. The van der Waals surface area contributed by atoms with E-state index in [9.17, 15) is 20.4 Å². The van der Waals surface area contributed by atoms with Gasteiger partial charge in [0.15, 0.2) is 13.0 Å². The van der Waals surface area contributed by atoms with Gasteiger partial charge in [-0.1, -0.05) is 16.4 Å². The van der Waals surface area contributed by atoms with Gasteiger partial charge in [-0.2, -0.15) is 10.5 Å². The zero-order valence-corrected chi connectivity index (χ0v) is 19.4. The van der Waals surface area contributed by atoms with Gasteiger partial charge in [0.05, 0.1) is 41.6 Å². The average molecular weight is 481 g/mol. The van der Waals surface area contributed by atoms with Crippen molar-refractivity contribution in [3.63, 3.8) is 0 Å². The Hall–Kier alpha value is -4.49. The van der Waals surface area contributed by atoms with Crippen LogP contribution in [0.4, 0.5) is 11.5 Å². The molecule has 3 rings (SSSR count). The summed E-state index contributed by atoms with van der Waals surface area (Å²) in [7, 11) is 4.39. The molecule has 1 aromatic carbocycles. The second kappa shape index (κ2) is 9.97. The lowest BCUT2D eigenvalue weighted by molar-refractivity contribution is -0.730. The average Bonchev–Trinajstić information content (AvgIpc) is 3.16. The Morgan fingerprint density at radius 1 is 1.29 bits per heavy atom. The van der Waals surface area contributed by atoms with Crippen molar-refractivity contribution >= 4 is 29.2 Å². The number of nitrogens with one attached hydrogen (secondary N) is 1. The Bertz CT molecular complexity index is 1320. The number of nitrogens with two attached hydrogens (primary N) is 1. The molecule has 0 saturated heterocycles. The van der Waals surface area contributed by atoms with Gasteiger partial charge in [0.2, 0.25) is 5.91 Å². The van der Waals surface area contributed by atoms with Gasteiger partial charge in [-0.15, -0.1) is 0 Å². The highest BCUT2D eigenvalue weighted by atomic mass is 32.2. The number of hydrogen-bond acceptors (Lipinski definition) is 11. The van der Waals surface area contributed by atoms with Crippen molar-refractivity contribution in [3.05, 3.63) is 29.3 Å². The van der Waals surface area contributed by atoms with Crippen molar-refractivity contribution in [2.45, 2.75) is 17.2 Å². The number of carbonyl (C=O) groups is 1. The summed E-state index contributed by atoms with van der Waals surface area (Å²) in [5.74, 6) is -0.518. The highest BCUT2D eigenvalue weighted by molar-refractivity contribution is 8.00. The lowest BCUT2D eigenvalue weighted by atomic mass is 10.0. The van der Waals surface area contributed by atoms with Crippen LogP contribution in [0.2, 0.25) is 0 Å². The number of thioether (sulfide) groups is 1. The van der Waals surface area contributed by atoms with E-state index in [-0.39, 0.29) is 33.2 Å². The third kappa shape index (κ3) is 4.51. The lowest BCUT2D eigenvalue weighted by Gasteiger charge is -2.16. The Morgan fingerprint density at radius 2 is 2.00 bits per heavy atom. The SMILES string of the molecule is COc1ccc(NC(=O)C(C)Sc2nc(N)c(C#N)c(-c3c([O-])on[n+]3C)c2C#N)c(OC)c1. The number of amides is 1. The fourth-order valence-corrected chi connectivity index (χ4v) is 3.97. The van der Waals surface area contributed by atoms with Gasteiger partial charge in [-0.3, -0.25) is 4.79 Å². The Morgan fingerprint density at radius 3 is 2.56 bits per heavy atom. The summed E-state index contributed by atoms with van der Waals surface area (Å²) in [6, 6.07) is 8.74. The molecule has 0 radical (unpaired) electrons. The van der Waals surface area contributed by atoms with E-state index in [2.05, 4.69) is 20.1 Å². The van der Waals surface area contributed by atoms with Gasteiger partial charge >= 0.3 is 0 Å². The molecule has 13 heteroatoms. The van der Waals surface area contributed by atoms with Crippen LogP contribution >= 0.6 is 11.8 Å². The number of pyridine rings is 1. The summed E-state index contributed by atoms with van der Waals surface area (Å²) in [4.78, 5) is 17.0. The van der Waals surface area contributed by atoms with Crippen LogP contribution in [0.25, 0.3) is 11.3 Å². The summed E-state index contributed by atoms with van der Waals surface area (Å²) in [5, 5.41) is 37.2. The summed E-state index contributed by atoms with van der Waals surface area (Å²) in [6.45, 7) is 1.60. The van der Waals surface area contributed by atoms with E-state index in [1.54, 1.807) is 25.1 Å².